The standard InChI is InChI=1S/C10H15BrN4/c1-15-4-2-3-8(6-15)14-10-5-9(11)12-7-13-10/h5,7-8H,2-4,6H2,1H3,(H,12,13,14). The Kier molecular flexibility index (Phi) is 3.53. The first kappa shape index (κ1) is 10.8. The van der Waals surface area contributed by atoms with Crippen LogP contribution in [-0.2, 0) is 0 Å². The van der Waals surface area contributed by atoms with Crippen molar-refractivity contribution in [3.05, 3.63) is 17.0 Å². The summed E-state index contributed by atoms with van der Waals surface area (Å²) >= 11 is 3.34. The highest BCUT2D eigenvalue weighted by atomic mass is 79.9. The molecule has 0 saturated carbocycles. The number of likely N-dealkylation sites (N-methyl/N-ethyl adjacent to an activating group) is 1. The third-order valence-electron chi connectivity index (χ3n) is 2.61. The number of piperidine rings is 1. The molecule has 5 heteroatoms. The molecule has 0 amide bonds. The summed E-state index contributed by atoms with van der Waals surface area (Å²) < 4.78 is 0.823. The van der Waals surface area contributed by atoms with Crippen molar-refractivity contribution < 1.29 is 0 Å². The second kappa shape index (κ2) is 4.90. The first-order chi connectivity index (χ1) is 7.24. The highest BCUT2D eigenvalue weighted by molar-refractivity contribution is 9.10. The van der Waals surface area contributed by atoms with E-state index in [9.17, 15) is 0 Å². The highest BCUT2D eigenvalue weighted by Gasteiger charge is 2.16. The Labute approximate surface area is 98.2 Å². The lowest BCUT2D eigenvalue weighted by atomic mass is 10.1. The molecule has 0 bridgehead atoms. The lowest BCUT2D eigenvalue weighted by Crippen LogP contribution is -2.39. The normalized spacial score (nSPS) is 22.7. The molecule has 1 N–H and O–H groups in total. The number of nitrogens with one attached hydrogen (secondary N) is 1. The lowest BCUT2D eigenvalue weighted by Gasteiger charge is -2.30. The Bertz CT molecular complexity index is 331. The average Bonchev–Trinajstić information content (AvgIpc) is 2.17. The molecule has 1 saturated heterocycles. The van der Waals surface area contributed by atoms with Crippen LogP contribution in [0, 0.1) is 0 Å². The van der Waals surface area contributed by atoms with Gasteiger partial charge >= 0.3 is 0 Å². The van der Waals surface area contributed by atoms with Gasteiger partial charge in [0.15, 0.2) is 0 Å². The Balaban J connectivity index is 1.96. The van der Waals surface area contributed by atoms with E-state index in [0.717, 1.165) is 17.0 Å². The van der Waals surface area contributed by atoms with Crippen molar-refractivity contribution in [2.24, 2.45) is 0 Å². The van der Waals surface area contributed by atoms with Crippen LogP contribution >= 0.6 is 15.9 Å². The monoisotopic (exact) mass is 270 g/mol. The van der Waals surface area contributed by atoms with Gasteiger partial charge in [-0.1, -0.05) is 0 Å². The molecule has 1 aromatic rings. The molecule has 1 fully saturated rings. The van der Waals surface area contributed by atoms with Crippen LogP contribution in [0.1, 0.15) is 12.8 Å². The van der Waals surface area contributed by atoms with E-state index in [1.807, 2.05) is 6.07 Å². The van der Waals surface area contributed by atoms with E-state index in [1.54, 1.807) is 6.33 Å². The quantitative estimate of drug-likeness (QED) is 0.832. The summed E-state index contributed by atoms with van der Waals surface area (Å²) in [6.07, 6.45) is 4.03. The van der Waals surface area contributed by atoms with Gasteiger partial charge in [-0.3, -0.25) is 0 Å². The van der Waals surface area contributed by atoms with Crippen LogP contribution in [0.4, 0.5) is 5.82 Å². The van der Waals surface area contributed by atoms with Crippen LogP contribution < -0.4 is 5.32 Å². The molecule has 0 radical (unpaired) electrons. The fraction of sp³-hybridized carbons (Fsp3) is 0.600. The topological polar surface area (TPSA) is 41.0 Å². The number of hydrogen-bond donors (Lipinski definition) is 1. The molecular formula is C10H15BrN4. The van der Waals surface area contributed by atoms with Gasteiger partial charge in [0.1, 0.15) is 16.7 Å². The van der Waals surface area contributed by atoms with E-state index in [-0.39, 0.29) is 0 Å². The maximum Gasteiger partial charge on any atom is 0.130 e. The van der Waals surface area contributed by atoms with E-state index >= 15 is 0 Å². The average molecular weight is 271 g/mol. The van der Waals surface area contributed by atoms with Crippen LogP contribution in [-0.4, -0.2) is 41.0 Å². The number of hydrogen-bond acceptors (Lipinski definition) is 4. The zero-order chi connectivity index (χ0) is 10.7. The van der Waals surface area contributed by atoms with E-state index in [2.05, 4.69) is 43.2 Å². The molecule has 1 aromatic heterocycles. The summed E-state index contributed by atoms with van der Waals surface area (Å²) in [6.45, 7) is 2.28. The zero-order valence-electron chi connectivity index (χ0n) is 8.78. The minimum absolute atomic E-state index is 0.505. The number of halogens is 1. The zero-order valence-corrected chi connectivity index (χ0v) is 10.4. The Morgan fingerprint density at radius 3 is 3.13 bits per heavy atom. The van der Waals surface area contributed by atoms with Crippen molar-refractivity contribution in [3.63, 3.8) is 0 Å². The first-order valence-corrected chi connectivity index (χ1v) is 5.96. The Morgan fingerprint density at radius 1 is 1.53 bits per heavy atom. The van der Waals surface area contributed by atoms with Crippen molar-refractivity contribution in [1.29, 1.82) is 0 Å². The molecule has 1 atom stereocenters. The van der Waals surface area contributed by atoms with Crippen LogP contribution in [0.3, 0.4) is 0 Å². The van der Waals surface area contributed by atoms with Crippen molar-refractivity contribution in [3.8, 4) is 0 Å². The summed E-state index contributed by atoms with van der Waals surface area (Å²) in [5, 5.41) is 3.43. The van der Waals surface area contributed by atoms with Crippen LogP contribution in [0.15, 0.2) is 17.0 Å². The molecule has 2 rings (SSSR count). The predicted octanol–water partition coefficient (Wildman–Crippen LogP) is 1.75. The Morgan fingerprint density at radius 2 is 2.40 bits per heavy atom. The third kappa shape index (κ3) is 3.14. The second-order valence-electron chi connectivity index (χ2n) is 3.97. The number of rotatable bonds is 2. The van der Waals surface area contributed by atoms with Gasteiger partial charge in [-0.2, -0.15) is 0 Å². The Hall–Kier alpha value is -0.680. The molecular weight excluding hydrogens is 256 g/mol. The van der Waals surface area contributed by atoms with Crippen LogP contribution in [0.25, 0.3) is 0 Å². The van der Waals surface area contributed by atoms with Gasteiger partial charge in [0.2, 0.25) is 0 Å². The van der Waals surface area contributed by atoms with E-state index in [0.29, 0.717) is 6.04 Å². The smallest absolute Gasteiger partial charge is 0.130 e. The van der Waals surface area contributed by atoms with Crippen molar-refractivity contribution in [2.45, 2.75) is 18.9 Å². The summed E-state index contributed by atoms with van der Waals surface area (Å²) in [6, 6.07) is 2.42. The van der Waals surface area contributed by atoms with E-state index in [1.165, 1.54) is 19.4 Å². The minimum Gasteiger partial charge on any atom is -0.366 e. The van der Waals surface area contributed by atoms with Crippen molar-refractivity contribution in [2.75, 3.05) is 25.5 Å². The van der Waals surface area contributed by atoms with Crippen LogP contribution in [0.2, 0.25) is 0 Å². The molecule has 15 heavy (non-hydrogen) atoms. The minimum atomic E-state index is 0.505. The number of aromatic nitrogens is 2. The number of likely N-dealkylation sites (tertiary alicyclic amines) is 1. The van der Waals surface area contributed by atoms with E-state index < -0.39 is 0 Å². The second-order valence-corrected chi connectivity index (χ2v) is 4.78. The van der Waals surface area contributed by atoms with Crippen LogP contribution in [0.5, 0.6) is 0 Å². The molecule has 1 aliphatic rings. The fourth-order valence-corrected chi connectivity index (χ4v) is 2.21. The first-order valence-electron chi connectivity index (χ1n) is 5.16. The molecule has 0 aliphatic carbocycles. The molecule has 4 nitrogen and oxygen atoms in total. The maximum atomic E-state index is 4.19. The maximum absolute atomic E-state index is 4.19. The summed E-state index contributed by atoms with van der Waals surface area (Å²) in [5.41, 5.74) is 0. The largest absolute Gasteiger partial charge is 0.366 e. The highest BCUT2D eigenvalue weighted by Crippen LogP contribution is 2.15. The molecule has 0 aromatic carbocycles. The molecule has 1 aliphatic heterocycles. The predicted molar refractivity (Wildman–Crippen MR) is 63.9 cm³/mol. The summed E-state index contributed by atoms with van der Waals surface area (Å²) in [7, 11) is 2.16. The summed E-state index contributed by atoms with van der Waals surface area (Å²) in [4.78, 5) is 10.5. The van der Waals surface area contributed by atoms with Gasteiger partial charge in [0.25, 0.3) is 0 Å². The molecule has 2 heterocycles. The SMILES string of the molecule is CN1CCCC(Nc2cc(Br)ncn2)C1. The number of nitrogens with zero attached hydrogens (tertiary/aromatic N) is 3. The number of anilines is 1. The van der Waals surface area contributed by atoms with Gasteiger partial charge in [-0.25, -0.2) is 9.97 Å². The van der Waals surface area contributed by atoms with Gasteiger partial charge in [0, 0.05) is 18.7 Å². The molecule has 0 spiro atoms. The van der Waals surface area contributed by atoms with E-state index in [4.69, 9.17) is 0 Å². The van der Waals surface area contributed by atoms with Gasteiger partial charge in [0.05, 0.1) is 0 Å². The van der Waals surface area contributed by atoms with Gasteiger partial charge in [-0.05, 0) is 42.4 Å². The fourth-order valence-electron chi connectivity index (χ4n) is 1.91. The lowest BCUT2D eigenvalue weighted by molar-refractivity contribution is 0.260. The molecule has 1 unspecified atom stereocenters. The van der Waals surface area contributed by atoms with Gasteiger partial charge in [-0.15, -0.1) is 0 Å². The van der Waals surface area contributed by atoms with Crippen molar-refractivity contribution >= 4 is 21.7 Å². The third-order valence-corrected chi connectivity index (χ3v) is 3.04. The van der Waals surface area contributed by atoms with Gasteiger partial charge < -0.3 is 10.2 Å². The van der Waals surface area contributed by atoms with Crippen molar-refractivity contribution in [1.82, 2.24) is 14.9 Å². The molecule has 82 valence electrons. The summed E-state index contributed by atoms with van der Waals surface area (Å²) in [5.74, 6) is 0.900.